The number of amides is 3. The number of ether oxygens (including phenoxy) is 1. The first kappa shape index (κ1) is 35.4. The van der Waals surface area contributed by atoms with Gasteiger partial charge in [-0.05, 0) is 57.4 Å². The Morgan fingerprint density at radius 3 is 2.50 bits per heavy atom. The average molecular weight is 732 g/mol. The highest BCUT2D eigenvalue weighted by atomic mass is 16.6. The molecule has 2 aromatic carbocycles. The quantitative estimate of drug-likeness (QED) is 0.207. The van der Waals surface area contributed by atoms with Crippen LogP contribution < -0.4 is 10.6 Å². The molecule has 2 aliphatic heterocycles. The second-order valence-corrected chi connectivity index (χ2v) is 15.0. The lowest BCUT2D eigenvalue weighted by molar-refractivity contribution is -0.145. The number of pyridine rings is 1. The molecule has 280 valence electrons. The van der Waals surface area contributed by atoms with Gasteiger partial charge in [0.1, 0.15) is 35.1 Å². The predicted molar refractivity (Wildman–Crippen MR) is 200 cm³/mol. The Labute approximate surface area is 313 Å². The summed E-state index contributed by atoms with van der Waals surface area (Å²) in [5, 5.41) is 27.0. The van der Waals surface area contributed by atoms with Crippen molar-refractivity contribution < 1.29 is 29.0 Å². The SMILES string of the molecule is O=C(N[C@H]1CCCCC/C=C\[C@@H]2C[C@@]2(C(=O)O)NC(=O)[C@@H]2C[C@@H](n3nc(-c4ccccc4)c(-c4cccc5cccnc45)n3)CN2C1=O)OC1CCCC1. The van der Waals surface area contributed by atoms with Gasteiger partial charge in [-0.3, -0.25) is 14.6 Å². The van der Waals surface area contributed by atoms with Crippen LogP contribution in [0.5, 0.6) is 0 Å². The monoisotopic (exact) mass is 731 g/mol. The summed E-state index contributed by atoms with van der Waals surface area (Å²) in [6.07, 6.45) is 12.2. The van der Waals surface area contributed by atoms with Gasteiger partial charge in [-0.2, -0.15) is 15.0 Å². The number of para-hydroxylation sites is 1. The Hall–Kier alpha value is -5.59. The first-order valence-electron chi connectivity index (χ1n) is 19.2. The number of benzene rings is 2. The van der Waals surface area contributed by atoms with Gasteiger partial charge < -0.3 is 25.4 Å². The number of allylic oxidation sites excluding steroid dienone is 1. The summed E-state index contributed by atoms with van der Waals surface area (Å²) >= 11 is 0. The average Bonchev–Trinajstić information content (AvgIpc) is 3.61. The largest absolute Gasteiger partial charge is 0.479 e. The van der Waals surface area contributed by atoms with Gasteiger partial charge in [0, 0.05) is 41.6 Å². The Bertz CT molecular complexity index is 2070. The molecule has 1 saturated heterocycles. The van der Waals surface area contributed by atoms with Crippen LogP contribution in [0, 0.1) is 5.92 Å². The standard InChI is InChI=1S/C41H45N7O6/c49-37-33-23-29(48-45-35(27-13-5-4-6-14-27)36(46-48)31-20-11-15-26-16-12-22-42-34(26)31)25-47(33)38(50)32(43-40(53)54-30-18-9-10-19-30)21-8-3-1-2-7-17-28-24-41(28,44-37)39(51)52/h4-7,11-17,20,22,28-30,32-33H,1-3,8-10,18-19,21,23-25H2,(H,43,53)(H,44,49)(H,51,52)/b17-7-/t28-,29-,32+,33+,41-/m1/s1. The molecule has 13 heteroatoms. The molecule has 4 aliphatic rings. The number of carbonyl (C=O) groups excluding carboxylic acids is 3. The molecule has 3 fully saturated rings. The third-order valence-corrected chi connectivity index (χ3v) is 11.4. The van der Waals surface area contributed by atoms with Gasteiger partial charge in [0.2, 0.25) is 11.8 Å². The van der Waals surface area contributed by atoms with Crippen LogP contribution >= 0.6 is 0 Å². The van der Waals surface area contributed by atoms with Crippen molar-refractivity contribution in [3.8, 4) is 22.5 Å². The van der Waals surface area contributed by atoms with Crippen molar-refractivity contribution in [3.63, 3.8) is 0 Å². The molecule has 2 saturated carbocycles. The maximum absolute atomic E-state index is 14.6. The van der Waals surface area contributed by atoms with Crippen LogP contribution in [0.2, 0.25) is 0 Å². The third-order valence-electron chi connectivity index (χ3n) is 11.4. The zero-order valence-corrected chi connectivity index (χ0v) is 30.1. The fourth-order valence-corrected chi connectivity index (χ4v) is 8.33. The molecule has 3 amide bonds. The first-order chi connectivity index (χ1) is 26.3. The maximum Gasteiger partial charge on any atom is 0.408 e. The minimum Gasteiger partial charge on any atom is -0.479 e. The molecule has 0 spiro atoms. The molecule has 4 heterocycles. The number of alkyl carbamates (subject to hydrolysis) is 1. The lowest BCUT2D eigenvalue weighted by atomic mass is 10.0. The summed E-state index contributed by atoms with van der Waals surface area (Å²) in [4.78, 5) is 62.4. The number of nitrogens with zero attached hydrogens (tertiary/aromatic N) is 5. The number of carbonyl (C=O) groups is 4. The number of rotatable bonds is 6. The zero-order valence-electron chi connectivity index (χ0n) is 30.1. The highest BCUT2D eigenvalue weighted by molar-refractivity contribution is 5.97. The van der Waals surface area contributed by atoms with E-state index in [4.69, 9.17) is 14.9 Å². The van der Waals surface area contributed by atoms with Crippen LogP contribution in [0.1, 0.15) is 76.7 Å². The van der Waals surface area contributed by atoms with E-state index >= 15 is 0 Å². The van der Waals surface area contributed by atoms with E-state index in [1.54, 1.807) is 11.0 Å². The molecule has 2 aromatic heterocycles. The summed E-state index contributed by atoms with van der Waals surface area (Å²) in [6, 6.07) is 17.0. The molecular weight excluding hydrogens is 686 g/mol. The van der Waals surface area contributed by atoms with E-state index in [0.29, 0.717) is 24.2 Å². The van der Waals surface area contributed by atoms with Crippen molar-refractivity contribution >= 4 is 34.8 Å². The van der Waals surface area contributed by atoms with Crippen molar-refractivity contribution in [3.05, 3.63) is 79.0 Å². The number of aliphatic carboxylic acids is 1. The molecule has 4 aromatic rings. The molecule has 2 aliphatic carbocycles. The predicted octanol–water partition coefficient (Wildman–Crippen LogP) is 5.82. The summed E-state index contributed by atoms with van der Waals surface area (Å²) in [7, 11) is 0. The third kappa shape index (κ3) is 7.06. The first-order valence-corrected chi connectivity index (χ1v) is 19.2. The molecule has 0 unspecified atom stereocenters. The molecule has 0 bridgehead atoms. The number of aromatic nitrogens is 4. The molecule has 13 nitrogen and oxygen atoms in total. The van der Waals surface area contributed by atoms with E-state index in [9.17, 15) is 24.3 Å². The molecule has 8 rings (SSSR count). The van der Waals surface area contributed by atoms with Crippen molar-refractivity contribution in [1.82, 2.24) is 35.5 Å². The molecule has 5 atom stereocenters. The van der Waals surface area contributed by atoms with Gasteiger partial charge in [-0.1, -0.05) is 79.6 Å². The van der Waals surface area contributed by atoms with E-state index < -0.39 is 47.5 Å². The van der Waals surface area contributed by atoms with E-state index in [1.807, 2.05) is 72.8 Å². The highest BCUT2D eigenvalue weighted by Gasteiger charge is 2.61. The minimum atomic E-state index is -1.44. The number of hydrogen-bond donors (Lipinski definition) is 3. The number of fused-ring (bicyclic) bond motifs is 3. The molecule has 0 radical (unpaired) electrons. The summed E-state index contributed by atoms with van der Waals surface area (Å²) < 4.78 is 5.70. The van der Waals surface area contributed by atoms with Gasteiger partial charge in [-0.25, -0.2) is 9.59 Å². The van der Waals surface area contributed by atoms with E-state index in [1.165, 1.54) is 4.90 Å². The van der Waals surface area contributed by atoms with Gasteiger partial charge in [0.15, 0.2) is 0 Å². The Morgan fingerprint density at radius 2 is 1.69 bits per heavy atom. The smallest absolute Gasteiger partial charge is 0.408 e. The second kappa shape index (κ2) is 15.0. The van der Waals surface area contributed by atoms with Crippen LogP contribution in [-0.2, 0) is 19.1 Å². The normalized spacial score (nSPS) is 26.9. The van der Waals surface area contributed by atoms with E-state index in [0.717, 1.165) is 67.0 Å². The minimum absolute atomic E-state index is 0.0757. The van der Waals surface area contributed by atoms with Crippen LogP contribution in [0.25, 0.3) is 33.4 Å². The number of nitrogens with one attached hydrogen (secondary N) is 2. The fourth-order valence-electron chi connectivity index (χ4n) is 8.33. The highest BCUT2D eigenvalue weighted by Crippen LogP contribution is 2.46. The van der Waals surface area contributed by atoms with Crippen molar-refractivity contribution in [2.24, 2.45) is 5.92 Å². The van der Waals surface area contributed by atoms with Crippen molar-refractivity contribution in [2.75, 3.05) is 6.54 Å². The van der Waals surface area contributed by atoms with Gasteiger partial charge in [0.05, 0.1) is 11.6 Å². The van der Waals surface area contributed by atoms with Crippen LogP contribution in [-0.4, -0.2) is 84.1 Å². The van der Waals surface area contributed by atoms with Crippen LogP contribution in [0.15, 0.2) is 79.0 Å². The summed E-state index contributed by atoms with van der Waals surface area (Å²) in [5.74, 6) is -2.42. The number of carboxylic acids is 1. The Morgan fingerprint density at radius 1 is 0.907 bits per heavy atom. The van der Waals surface area contributed by atoms with Crippen LogP contribution in [0.3, 0.4) is 0 Å². The Balaban J connectivity index is 1.15. The van der Waals surface area contributed by atoms with Crippen molar-refractivity contribution in [2.45, 2.75) is 100 Å². The van der Waals surface area contributed by atoms with E-state index in [-0.39, 0.29) is 31.4 Å². The lowest BCUT2D eigenvalue weighted by Crippen LogP contribution is -2.56. The summed E-state index contributed by atoms with van der Waals surface area (Å²) in [6.45, 7) is 0.0757. The fraction of sp³-hybridized carbons (Fsp3) is 0.439. The second-order valence-electron chi connectivity index (χ2n) is 15.0. The lowest BCUT2D eigenvalue weighted by Gasteiger charge is -2.29. The van der Waals surface area contributed by atoms with Gasteiger partial charge in [-0.15, -0.1) is 0 Å². The number of carboxylic acid groups (broad SMARTS) is 1. The molecule has 3 N–H and O–H groups in total. The summed E-state index contributed by atoms with van der Waals surface area (Å²) in [5.41, 5.74) is 2.19. The maximum atomic E-state index is 14.6. The van der Waals surface area contributed by atoms with Crippen molar-refractivity contribution in [1.29, 1.82) is 0 Å². The van der Waals surface area contributed by atoms with Gasteiger partial charge >= 0.3 is 12.1 Å². The van der Waals surface area contributed by atoms with Crippen LogP contribution in [0.4, 0.5) is 4.79 Å². The van der Waals surface area contributed by atoms with Gasteiger partial charge in [0.25, 0.3) is 0 Å². The number of hydrogen-bond acceptors (Lipinski definition) is 8. The topological polar surface area (TPSA) is 169 Å². The molecular formula is C41H45N7O6. The van der Waals surface area contributed by atoms with E-state index in [2.05, 4.69) is 15.6 Å². The Kier molecular flexibility index (Phi) is 9.87. The zero-order chi connectivity index (χ0) is 37.2. The molecule has 54 heavy (non-hydrogen) atoms.